The van der Waals surface area contributed by atoms with Crippen LogP contribution in [0.4, 0.5) is 5.69 Å². The number of nitrogen functional groups attached to an aromatic ring is 1. The predicted octanol–water partition coefficient (Wildman–Crippen LogP) is 2.64. The van der Waals surface area contributed by atoms with Gasteiger partial charge in [-0.1, -0.05) is 6.92 Å². The van der Waals surface area contributed by atoms with E-state index in [4.69, 9.17) is 29.4 Å². The maximum Gasteiger partial charge on any atom is 0.170 e. The van der Waals surface area contributed by atoms with Crippen LogP contribution in [0.5, 0.6) is 5.75 Å². The van der Waals surface area contributed by atoms with Crippen molar-refractivity contribution in [3.05, 3.63) is 23.8 Å². The fourth-order valence-corrected chi connectivity index (χ4v) is 2.68. The first-order valence-corrected chi connectivity index (χ1v) is 11.3. The van der Waals surface area contributed by atoms with Crippen LogP contribution in [0.3, 0.4) is 0 Å². The second kappa shape index (κ2) is 18.1. The lowest BCUT2D eigenvalue weighted by Gasteiger charge is -2.09. The Kier molecular flexibility index (Phi) is 15.8. The predicted molar refractivity (Wildman–Crippen MR) is 124 cm³/mol. The summed E-state index contributed by atoms with van der Waals surface area (Å²) in [7, 11) is 0. The molecule has 0 spiro atoms. The van der Waals surface area contributed by atoms with Crippen molar-refractivity contribution in [3.63, 3.8) is 0 Å². The maximum absolute atomic E-state index is 11.9. The lowest BCUT2D eigenvalue weighted by Crippen LogP contribution is -2.14. The summed E-state index contributed by atoms with van der Waals surface area (Å²) >= 11 is 0. The second-order valence-corrected chi connectivity index (χ2v) is 7.33. The van der Waals surface area contributed by atoms with Crippen molar-refractivity contribution in [2.24, 2.45) is 0 Å². The molecule has 0 amide bonds. The van der Waals surface area contributed by atoms with Gasteiger partial charge in [0.2, 0.25) is 0 Å². The molecule has 0 aliphatic rings. The molecule has 0 fully saturated rings. The van der Waals surface area contributed by atoms with E-state index in [1.165, 1.54) is 6.92 Å². The number of hydrogen-bond donors (Lipinski definition) is 1. The zero-order valence-electron chi connectivity index (χ0n) is 19.8. The lowest BCUT2D eigenvalue weighted by atomic mass is 10.1. The third kappa shape index (κ3) is 14.4. The highest BCUT2D eigenvalue weighted by atomic mass is 16.6. The van der Waals surface area contributed by atoms with Crippen LogP contribution in [0.2, 0.25) is 0 Å². The fourth-order valence-electron chi connectivity index (χ4n) is 2.68. The van der Waals surface area contributed by atoms with Gasteiger partial charge < -0.3 is 29.4 Å². The van der Waals surface area contributed by atoms with Gasteiger partial charge in [0.15, 0.2) is 11.6 Å². The molecule has 1 aromatic rings. The van der Waals surface area contributed by atoms with E-state index in [0.717, 1.165) is 0 Å². The maximum atomic E-state index is 11.9. The molecule has 33 heavy (non-hydrogen) atoms. The summed E-state index contributed by atoms with van der Waals surface area (Å²) in [5, 5.41) is 0. The van der Waals surface area contributed by atoms with Crippen molar-refractivity contribution < 1.29 is 38.1 Å². The minimum absolute atomic E-state index is 0.0397. The molecule has 0 bridgehead atoms. The molecule has 9 nitrogen and oxygen atoms in total. The molecule has 0 atom stereocenters. The van der Waals surface area contributed by atoms with Crippen molar-refractivity contribution in [1.82, 2.24) is 0 Å². The van der Waals surface area contributed by atoms with Crippen LogP contribution >= 0.6 is 0 Å². The summed E-state index contributed by atoms with van der Waals surface area (Å²) in [4.78, 5) is 34.4. The Morgan fingerprint density at radius 3 is 1.91 bits per heavy atom. The molecule has 0 saturated heterocycles. The molecule has 1 aromatic carbocycles. The molecule has 0 unspecified atom stereocenters. The molecule has 186 valence electrons. The number of ketones is 3. The van der Waals surface area contributed by atoms with Gasteiger partial charge in [0.25, 0.3) is 0 Å². The number of Topliss-reactive ketones (excluding diaryl/α,β-unsaturated/α-hetero) is 3. The van der Waals surface area contributed by atoms with Crippen molar-refractivity contribution >= 4 is 23.0 Å². The Hall–Kier alpha value is -2.33. The minimum atomic E-state index is -0.118. The first-order chi connectivity index (χ1) is 15.9. The first kappa shape index (κ1) is 28.7. The van der Waals surface area contributed by atoms with Crippen LogP contribution in [-0.4, -0.2) is 76.8 Å². The summed E-state index contributed by atoms with van der Waals surface area (Å²) in [6.07, 6.45) is 1.95. The van der Waals surface area contributed by atoms with E-state index in [9.17, 15) is 14.4 Å². The zero-order valence-corrected chi connectivity index (χ0v) is 19.8. The average molecular weight is 468 g/mol. The number of carbonyl (C=O) groups excluding carboxylic acids is 3. The van der Waals surface area contributed by atoms with Gasteiger partial charge in [0.05, 0.1) is 46.2 Å². The number of nitrogens with two attached hydrogens (primary N) is 1. The largest absolute Gasteiger partial charge is 0.486 e. The normalized spacial score (nSPS) is 10.8. The summed E-state index contributed by atoms with van der Waals surface area (Å²) in [6.45, 7) is 6.89. The third-order valence-corrected chi connectivity index (χ3v) is 4.58. The third-order valence-electron chi connectivity index (χ3n) is 4.58. The Bertz CT molecular complexity index is 722. The van der Waals surface area contributed by atoms with E-state index in [0.29, 0.717) is 95.5 Å². The van der Waals surface area contributed by atoms with Gasteiger partial charge in [0, 0.05) is 43.2 Å². The Morgan fingerprint density at radius 1 is 0.788 bits per heavy atom. The number of benzene rings is 1. The van der Waals surface area contributed by atoms with E-state index in [1.807, 2.05) is 6.92 Å². The highest BCUT2D eigenvalue weighted by molar-refractivity contribution is 5.99. The monoisotopic (exact) mass is 467 g/mol. The Balaban J connectivity index is 1.89. The number of rotatable bonds is 21. The molecule has 1 rings (SSSR count). The van der Waals surface area contributed by atoms with Gasteiger partial charge in [-0.15, -0.1) is 0 Å². The van der Waals surface area contributed by atoms with Gasteiger partial charge in [-0.25, -0.2) is 0 Å². The number of carbonyl (C=O) groups is 3. The Labute approximate surface area is 195 Å². The topological polar surface area (TPSA) is 123 Å². The first-order valence-electron chi connectivity index (χ1n) is 11.3. The summed E-state index contributed by atoms with van der Waals surface area (Å²) in [6, 6.07) is 4.76. The van der Waals surface area contributed by atoms with Gasteiger partial charge in [-0.3, -0.25) is 14.4 Å². The van der Waals surface area contributed by atoms with Crippen LogP contribution < -0.4 is 10.5 Å². The van der Waals surface area contributed by atoms with Crippen LogP contribution in [0.25, 0.3) is 0 Å². The quantitative estimate of drug-likeness (QED) is 0.165. The van der Waals surface area contributed by atoms with Gasteiger partial charge in [0.1, 0.15) is 18.1 Å². The van der Waals surface area contributed by atoms with E-state index in [-0.39, 0.29) is 24.0 Å². The van der Waals surface area contributed by atoms with Gasteiger partial charge in [-0.2, -0.15) is 0 Å². The van der Waals surface area contributed by atoms with E-state index < -0.39 is 0 Å². The summed E-state index contributed by atoms with van der Waals surface area (Å²) in [5.74, 6) is 0.501. The second-order valence-electron chi connectivity index (χ2n) is 7.33. The molecule has 9 heteroatoms. The smallest absolute Gasteiger partial charge is 0.170 e. The number of anilines is 1. The van der Waals surface area contributed by atoms with E-state index in [1.54, 1.807) is 18.2 Å². The molecule has 0 heterocycles. The molecule has 0 aliphatic heterocycles. The van der Waals surface area contributed by atoms with Crippen molar-refractivity contribution in [1.29, 1.82) is 0 Å². The molecular formula is C24H37NO8. The number of hydrogen-bond acceptors (Lipinski definition) is 9. The van der Waals surface area contributed by atoms with Gasteiger partial charge in [-0.05, 0) is 25.5 Å². The molecular weight excluding hydrogens is 430 g/mol. The molecule has 0 radical (unpaired) electrons. The van der Waals surface area contributed by atoms with E-state index >= 15 is 0 Å². The van der Waals surface area contributed by atoms with Crippen LogP contribution in [0.15, 0.2) is 18.2 Å². The number of ether oxygens (including phenoxy) is 5. The molecule has 0 saturated carbocycles. The Morgan fingerprint density at radius 2 is 1.36 bits per heavy atom. The SMILES string of the molecule is CCC(=O)CCOCCOCCOCCOCCCC(=O)COc1ccc(C(C)=O)c(N)c1. The highest BCUT2D eigenvalue weighted by Crippen LogP contribution is 2.20. The molecule has 2 N–H and O–H groups in total. The summed E-state index contributed by atoms with van der Waals surface area (Å²) in [5.41, 5.74) is 6.57. The van der Waals surface area contributed by atoms with Crippen molar-refractivity contribution in [3.8, 4) is 5.75 Å². The van der Waals surface area contributed by atoms with Crippen LogP contribution in [-0.2, 0) is 28.5 Å². The van der Waals surface area contributed by atoms with E-state index in [2.05, 4.69) is 0 Å². The zero-order chi connectivity index (χ0) is 24.3. The average Bonchev–Trinajstić information content (AvgIpc) is 2.79. The van der Waals surface area contributed by atoms with Gasteiger partial charge >= 0.3 is 0 Å². The summed E-state index contributed by atoms with van der Waals surface area (Å²) < 4.78 is 27.0. The molecule has 0 aromatic heterocycles. The van der Waals surface area contributed by atoms with Crippen LogP contribution in [0.1, 0.15) is 49.9 Å². The lowest BCUT2D eigenvalue weighted by molar-refractivity contribution is -0.121. The van der Waals surface area contributed by atoms with Crippen molar-refractivity contribution in [2.45, 2.75) is 39.5 Å². The van der Waals surface area contributed by atoms with Crippen LogP contribution in [0, 0.1) is 0 Å². The standard InChI is InChI=1S/C24H37NO8/c1-3-20(27)8-10-30-12-14-32-16-15-31-13-11-29-9-4-5-21(28)18-33-22-6-7-23(19(2)26)24(25)17-22/h6-7,17H,3-5,8-16,18,25H2,1-2H3. The molecule has 0 aliphatic carbocycles. The minimum Gasteiger partial charge on any atom is -0.486 e. The van der Waals surface area contributed by atoms with Crippen molar-refractivity contribution in [2.75, 3.05) is 65.2 Å². The fraction of sp³-hybridized carbons (Fsp3) is 0.625. The highest BCUT2D eigenvalue weighted by Gasteiger charge is 2.08.